The van der Waals surface area contributed by atoms with E-state index in [-0.39, 0.29) is 6.03 Å². The molecular weight excluding hydrogens is 200 g/mol. The van der Waals surface area contributed by atoms with Gasteiger partial charge >= 0.3 is 6.03 Å². The van der Waals surface area contributed by atoms with Crippen LogP contribution in [0, 0.1) is 6.92 Å². The van der Waals surface area contributed by atoms with Crippen molar-refractivity contribution in [3.8, 4) is 0 Å². The van der Waals surface area contributed by atoms with Crippen molar-refractivity contribution in [2.45, 2.75) is 33.2 Å². The third-order valence-electron chi connectivity index (χ3n) is 3.09. The summed E-state index contributed by atoms with van der Waals surface area (Å²) < 4.78 is 0. The maximum atomic E-state index is 11.5. The Kier molecular flexibility index (Phi) is 2.62. The van der Waals surface area contributed by atoms with Gasteiger partial charge in [0, 0.05) is 13.6 Å². The van der Waals surface area contributed by atoms with Gasteiger partial charge in [-0.05, 0) is 29.5 Å². The fraction of sp³-hybridized carbons (Fsp3) is 0.462. The number of carbonyl (C=O) groups is 1. The summed E-state index contributed by atoms with van der Waals surface area (Å²) in [5, 5.41) is 2.93. The highest BCUT2D eigenvalue weighted by molar-refractivity contribution is 5.93. The normalized spacial score (nSPS) is 15.1. The molecule has 0 saturated carbocycles. The number of nitrogens with zero attached hydrogens (tertiary/aromatic N) is 1. The van der Waals surface area contributed by atoms with Crippen LogP contribution in [0.1, 0.15) is 36.5 Å². The quantitative estimate of drug-likeness (QED) is 0.771. The van der Waals surface area contributed by atoms with Crippen molar-refractivity contribution >= 4 is 11.7 Å². The molecule has 0 unspecified atom stereocenters. The number of anilines is 1. The van der Waals surface area contributed by atoms with Gasteiger partial charge in [-0.3, -0.25) is 0 Å². The molecule has 0 saturated heterocycles. The van der Waals surface area contributed by atoms with Crippen LogP contribution in [0.4, 0.5) is 10.5 Å². The minimum Gasteiger partial charge on any atom is -0.323 e. The number of fused-ring (bicyclic) bond motifs is 1. The van der Waals surface area contributed by atoms with Crippen LogP contribution in [0.5, 0.6) is 0 Å². The topological polar surface area (TPSA) is 32.3 Å². The number of amides is 2. The number of hydrogen-bond acceptors (Lipinski definition) is 1. The van der Waals surface area contributed by atoms with Crippen molar-refractivity contribution in [1.29, 1.82) is 0 Å². The molecular formula is C13H18N2O. The van der Waals surface area contributed by atoms with Crippen LogP contribution < -0.4 is 5.32 Å². The average Bonchev–Trinajstić information content (AvgIpc) is 2.20. The standard InChI is InChI=1S/C13H18N2O/c1-8(2)10-5-9(3)12-11(6-10)7-15(4)13(16)14-12/h5-6,8H,7H2,1-4H3,(H,14,16). The van der Waals surface area contributed by atoms with Crippen molar-refractivity contribution in [1.82, 2.24) is 4.90 Å². The summed E-state index contributed by atoms with van der Waals surface area (Å²) in [4.78, 5) is 13.2. The lowest BCUT2D eigenvalue weighted by atomic mass is 9.95. The smallest absolute Gasteiger partial charge is 0.321 e. The fourth-order valence-electron chi connectivity index (χ4n) is 2.06. The summed E-state index contributed by atoms with van der Waals surface area (Å²) in [6, 6.07) is 4.34. The van der Waals surface area contributed by atoms with Crippen LogP contribution in [0.3, 0.4) is 0 Å². The zero-order valence-corrected chi connectivity index (χ0v) is 10.3. The molecule has 3 heteroatoms. The minimum absolute atomic E-state index is 0.0205. The molecule has 3 nitrogen and oxygen atoms in total. The van der Waals surface area contributed by atoms with Crippen molar-refractivity contribution in [2.75, 3.05) is 12.4 Å². The highest BCUT2D eigenvalue weighted by Gasteiger charge is 2.21. The molecule has 0 radical (unpaired) electrons. The number of rotatable bonds is 1. The largest absolute Gasteiger partial charge is 0.323 e. The zero-order valence-electron chi connectivity index (χ0n) is 10.3. The lowest BCUT2D eigenvalue weighted by Crippen LogP contribution is -2.35. The van der Waals surface area contributed by atoms with E-state index in [0.717, 1.165) is 11.3 Å². The lowest BCUT2D eigenvalue weighted by molar-refractivity contribution is 0.218. The maximum Gasteiger partial charge on any atom is 0.321 e. The maximum absolute atomic E-state index is 11.5. The first-order valence-electron chi connectivity index (χ1n) is 5.64. The second-order valence-corrected chi connectivity index (χ2v) is 4.81. The molecule has 86 valence electrons. The Morgan fingerprint density at radius 1 is 1.38 bits per heavy atom. The van der Waals surface area contributed by atoms with Gasteiger partial charge in [0.25, 0.3) is 0 Å². The van der Waals surface area contributed by atoms with Crippen molar-refractivity contribution in [3.63, 3.8) is 0 Å². The van der Waals surface area contributed by atoms with E-state index in [2.05, 4.69) is 38.2 Å². The molecule has 2 rings (SSSR count). The molecule has 0 aliphatic carbocycles. The second kappa shape index (κ2) is 3.81. The van der Waals surface area contributed by atoms with Gasteiger partial charge in [-0.1, -0.05) is 26.0 Å². The van der Waals surface area contributed by atoms with Gasteiger partial charge in [0.2, 0.25) is 0 Å². The molecule has 1 aliphatic rings. The van der Waals surface area contributed by atoms with Crippen LogP contribution in [0.15, 0.2) is 12.1 Å². The monoisotopic (exact) mass is 218 g/mol. The molecule has 0 spiro atoms. The van der Waals surface area contributed by atoms with Crippen LogP contribution in [-0.4, -0.2) is 18.0 Å². The Bertz CT molecular complexity index is 438. The van der Waals surface area contributed by atoms with E-state index < -0.39 is 0 Å². The third-order valence-corrected chi connectivity index (χ3v) is 3.09. The molecule has 2 amide bonds. The lowest BCUT2D eigenvalue weighted by Gasteiger charge is -2.28. The Morgan fingerprint density at radius 3 is 2.69 bits per heavy atom. The molecule has 1 aromatic rings. The van der Waals surface area contributed by atoms with Crippen molar-refractivity contribution in [3.05, 3.63) is 28.8 Å². The predicted octanol–water partition coefficient (Wildman–Crippen LogP) is 3.10. The SMILES string of the molecule is Cc1cc(C(C)C)cc2c1NC(=O)N(C)C2. The van der Waals surface area contributed by atoms with E-state index in [9.17, 15) is 4.79 Å². The van der Waals surface area contributed by atoms with Gasteiger partial charge in [0.05, 0.1) is 5.69 Å². The minimum atomic E-state index is -0.0205. The van der Waals surface area contributed by atoms with Crippen molar-refractivity contribution in [2.24, 2.45) is 0 Å². The number of hydrogen-bond donors (Lipinski definition) is 1. The first-order chi connectivity index (χ1) is 7.49. The zero-order chi connectivity index (χ0) is 11.9. The molecule has 0 atom stereocenters. The molecule has 1 aliphatic heterocycles. The van der Waals surface area contributed by atoms with Gasteiger partial charge in [-0.2, -0.15) is 0 Å². The molecule has 0 bridgehead atoms. The Labute approximate surface area is 96.5 Å². The van der Waals surface area contributed by atoms with Gasteiger partial charge < -0.3 is 10.2 Å². The first-order valence-corrected chi connectivity index (χ1v) is 5.64. The van der Waals surface area contributed by atoms with Gasteiger partial charge in [-0.25, -0.2) is 4.79 Å². The summed E-state index contributed by atoms with van der Waals surface area (Å²) in [5.74, 6) is 0.520. The summed E-state index contributed by atoms with van der Waals surface area (Å²) in [6.07, 6.45) is 0. The van der Waals surface area contributed by atoms with E-state index in [0.29, 0.717) is 12.5 Å². The highest BCUT2D eigenvalue weighted by atomic mass is 16.2. The van der Waals surface area contributed by atoms with Crippen LogP contribution in [-0.2, 0) is 6.54 Å². The number of benzene rings is 1. The molecule has 1 N–H and O–H groups in total. The van der Waals surface area contributed by atoms with Crippen LogP contribution in [0.25, 0.3) is 0 Å². The van der Waals surface area contributed by atoms with Gasteiger partial charge in [-0.15, -0.1) is 0 Å². The van der Waals surface area contributed by atoms with E-state index in [1.54, 1.807) is 4.90 Å². The van der Waals surface area contributed by atoms with E-state index in [1.807, 2.05) is 7.05 Å². The average molecular weight is 218 g/mol. The second-order valence-electron chi connectivity index (χ2n) is 4.81. The molecule has 1 aromatic carbocycles. The first kappa shape index (κ1) is 11.0. The van der Waals surface area contributed by atoms with Crippen LogP contribution in [0.2, 0.25) is 0 Å². The highest BCUT2D eigenvalue weighted by Crippen LogP contribution is 2.30. The summed E-state index contributed by atoms with van der Waals surface area (Å²) >= 11 is 0. The van der Waals surface area contributed by atoms with E-state index in [1.165, 1.54) is 11.1 Å². The van der Waals surface area contributed by atoms with Crippen LogP contribution >= 0.6 is 0 Å². The summed E-state index contributed by atoms with van der Waals surface area (Å²) in [6.45, 7) is 7.12. The fourth-order valence-corrected chi connectivity index (χ4v) is 2.06. The van der Waals surface area contributed by atoms with E-state index >= 15 is 0 Å². The number of nitrogens with one attached hydrogen (secondary N) is 1. The molecule has 0 fully saturated rings. The number of carbonyl (C=O) groups excluding carboxylic acids is 1. The van der Waals surface area contributed by atoms with E-state index in [4.69, 9.17) is 0 Å². The predicted molar refractivity (Wildman–Crippen MR) is 65.8 cm³/mol. The third kappa shape index (κ3) is 1.77. The summed E-state index contributed by atoms with van der Waals surface area (Å²) in [7, 11) is 1.82. The summed E-state index contributed by atoms with van der Waals surface area (Å²) in [5.41, 5.74) is 4.70. The Morgan fingerprint density at radius 2 is 2.06 bits per heavy atom. The molecule has 1 heterocycles. The molecule has 0 aromatic heterocycles. The van der Waals surface area contributed by atoms with Gasteiger partial charge in [0.1, 0.15) is 0 Å². The van der Waals surface area contributed by atoms with Gasteiger partial charge in [0.15, 0.2) is 0 Å². The Balaban J connectivity index is 2.48. The Hall–Kier alpha value is -1.51. The molecule has 16 heavy (non-hydrogen) atoms. The number of aryl methyl sites for hydroxylation is 1. The number of urea groups is 1. The van der Waals surface area contributed by atoms with Crippen molar-refractivity contribution < 1.29 is 4.79 Å².